The first-order chi connectivity index (χ1) is 17.6. The van der Waals surface area contributed by atoms with Crippen LogP contribution in [0.5, 0.6) is 0 Å². The third-order valence-electron chi connectivity index (χ3n) is 7.05. The molecule has 13 atom stereocenters. The van der Waals surface area contributed by atoms with Crippen molar-refractivity contribution < 1.29 is 74.1 Å². The van der Waals surface area contributed by atoms with Crippen LogP contribution in [0.25, 0.3) is 0 Å². The molecule has 0 unspecified atom stereocenters. The van der Waals surface area contributed by atoms with Crippen molar-refractivity contribution in [1.29, 1.82) is 0 Å². The summed E-state index contributed by atoms with van der Waals surface area (Å²) in [7, 11) is 0. The van der Waals surface area contributed by atoms with Gasteiger partial charge in [0.15, 0.2) is 12.6 Å². The molecule has 15 nitrogen and oxygen atoms in total. The second kappa shape index (κ2) is 11.2. The normalized spacial score (nSPS) is 48.3. The molecule has 15 heteroatoms. The Labute approximate surface area is 210 Å². The zero-order chi connectivity index (χ0) is 27.1. The molecule has 0 radical (unpaired) electrons. The van der Waals surface area contributed by atoms with Crippen molar-refractivity contribution >= 4 is 5.97 Å². The quantitative estimate of drug-likeness (QED) is 0.113. The number of carbonyl (C=O) groups is 1. The van der Waals surface area contributed by atoms with Crippen LogP contribution in [-0.2, 0) is 33.2 Å². The first-order valence-electron chi connectivity index (χ1n) is 11.7. The van der Waals surface area contributed by atoms with Gasteiger partial charge >= 0.3 is 5.97 Å². The van der Waals surface area contributed by atoms with Crippen LogP contribution in [0.3, 0.4) is 0 Å². The molecule has 210 valence electrons. The average Bonchev–Trinajstić information content (AvgIpc) is 2.87. The second-order valence-electron chi connectivity index (χ2n) is 9.25. The molecule has 0 saturated carbocycles. The maximum Gasteiger partial charge on any atom is 0.340 e. The van der Waals surface area contributed by atoms with E-state index in [9.17, 15) is 45.6 Å². The number of rotatable bonds is 7. The van der Waals surface area contributed by atoms with E-state index in [1.807, 2.05) is 0 Å². The lowest BCUT2D eigenvalue weighted by atomic mass is 9.76. The fraction of sp³-hybridized carbons (Fsp3) is 0.773. The largest absolute Gasteiger partial charge is 0.471 e. The van der Waals surface area contributed by atoms with E-state index in [0.717, 1.165) is 6.26 Å². The van der Waals surface area contributed by atoms with Crippen molar-refractivity contribution in [2.24, 2.45) is 5.92 Å². The Bertz CT molecular complexity index is 865. The summed E-state index contributed by atoms with van der Waals surface area (Å²) in [5.41, 5.74) is -1.89. The highest BCUT2D eigenvalue weighted by Crippen LogP contribution is 2.42. The summed E-state index contributed by atoms with van der Waals surface area (Å²) >= 11 is 0. The highest BCUT2D eigenvalue weighted by molar-refractivity contribution is 5.91. The molecule has 4 rings (SSSR count). The van der Waals surface area contributed by atoms with Gasteiger partial charge in [-0.1, -0.05) is 6.08 Å². The molecule has 0 aliphatic carbocycles. The van der Waals surface area contributed by atoms with Crippen molar-refractivity contribution in [3.8, 4) is 0 Å². The van der Waals surface area contributed by atoms with Gasteiger partial charge in [-0.05, 0) is 0 Å². The van der Waals surface area contributed by atoms with E-state index in [-0.39, 0.29) is 18.6 Å². The lowest BCUT2D eigenvalue weighted by Gasteiger charge is -2.48. The number of hydrogen-bond donors (Lipinski definition) is 8. The fourth-order valence-electron chi connectivity index (χ4n) is 4.85. The number of aliphatic hydroxyl groups excluding tert-OH is 7. The molecule has 0 aromatic carbocycles. The Kier molecular flexibility index (Phi) is 8.54. The van der Waals surface area contributed by atoms with E-state index in [1.165, 1.54) is 6.08 Å². The van der Waals surface area contributed by atoms with Crippen molar-refractivity contribution in [1.82, 2.24) is 0 Å². The van der Waals surface area contributed by atoms with E-state index in [0.29, 0.717) is 0 Å². The molecular formula is C22H32O15. The zero-order valence-corrected chi connectivity index (χ0v) is 19.6. The van der Waals surface area contributed by atoms with Crippen molar-refractivity contribution in [3.63, 3.8) is 0 Å². The van der Waals surface area contributed by atoms with E-state index in [2.05, 4.69) is 6.58 Å². The van der Waals surface area contributed by atoms with Crippen LogP contribution in [0.2, 0.25) is 0 Å². The van der Waals surface area contributed by atoms with E-state index < -0.39 is 98.4 Å². The summed E-state index contributed by atoms with van der Waals surface area (Å²) in [5.74, 6) is -1.80. The molecule has 0 amide bonds. The number of esters is 1. The highest BCUT2D eigenvalue weighted by atomic mass is 16.8. The monoisotopic (exact) mass is 536 g/mol. The summed E-state index contributed by atoms with van der Waals surface area (Å²) in [6.45, 7) is 2.11. The standard InChI is InChI=1S/C22H32O15/c1-2-8-19(33-7-9-18(30)32-4-3-22(8,9)31)37-21-16(29)17(13(26)11(6-24)35-21)36-20-15(28)14(27)12(25)10(5-23)34-20/h2,7-8,10-17,19-21,23-29,31H,1,3-6H2/t8-,10+,11+,12+,13+,14-,15+,16+,17-,19-,20-,21-,22+/m0/s1. The summed E-state index contributed by atoms with van der Waals surface area (Å²) in [6.07, 6.45) is -15.5. The van der Waals surface area contributed by atoms with Gasteiger partial charge in [0.2, 0.25) is 6.29 Å². The van der Waals surface area contributed by atoms with E-state index in [1.54, 1.807) is 0 Å². The SMILES string of the molecule is C=C[C@H]1[C@H](O[C@@H]2O[C@H](CO)[C@@H](O)[C@H](O[C@@H]3O[C@H](CO)[C@@H](O)[C@H](O)[C@H]3O)[C@H]2O)OC=C2C(=O)OCC[C@]21O. The minimum absolute atomic E-state index is 0.0133. The number of carbonyl (C=O) groups excluding carboxylic acids is 1. The highest BCUT2D eigenvalue weighted by Gasteiger charge is 2.55. The lowest BCUT2D eigenvalue weighted by molar-refractivity contribution is -0.376. The summed E-state index contributed by atoms with van der Waals surface area (Å²) in [5, 5.41) is 82.1. The lowest BCUT2D eigenvalue weighted by Crippen LogP contribution is -2.65. The molecular weight excluding hydrogens is 504 g/mol. The maximum atomic E-state index is 12.1. The Morgan fingerprint density at radius 2 is 1.54 bits per heavy atom. The van der Waals surface area contributed by atoms with Crippen molar-refractivity contribution in [2.75, 3.05) is 19.8 Å². The molecule has 0 aromatic rings. The molecule has 4 aliphatic heterocycles. The predicted molar refractivity (Wildman–Crippen MR) is 115 cm³/mol. The minimum atomic E-state index is -1.83. The van der Waals surface area contributed by atoms with Crippen molar-refractivity contribution in [3.05, 3.63) is 24.5 Å². The van der Waals surface area contributed by atoms with Gasteiger partial charge < -0.3 is 69.3 Å². The molecule has 0 aromatic heterocycles. The number of aliphatic hydroxyl groups is 8. The van der Waals surface area contributed by atoms with Gasteiger partial charge in [0.1, 0.15) is 60.0 Å². The molecule has 3 fully saturated rings. The third kappa shape index (κ3) is 5.03. The van der Waals surface area contributed by atoms with E-state index >= 15 is 0 Å². The molecule has 4 heterocycles. The first kappa shape index (κ1) is 28.3. The maximum absolute atomic E-state index is 12.1. The number of cyclic esters (lactones) is 1. The van der Waals surface area contributed by atoms with Gasteiger partial charge in [0.05, 0.1) is 32.0 Å². The Morgan fingerprint density at radius 1 is 0.919 bits per heavy atom. The van der Waals surface area contributed by atoms with Gasteiger partial charge in [-0.3, -0.25) is 0 Å². The number of ether oxygens (including phenoxy) is 6. The van der Waals surface area contributed by atoms with Crippen LogP contribution in [-0.4, -0.2) is 140 Å². The molecule has 37 heavy (non-hydrogen) atoms. The summed E-state index contributed by atoms with van der Waals surface area (Å²) in [4.78, 5) is 12.1. The van der Waals surface area contributed by atoms with Gasteiger partial charge in [-0.25, -0.2) is 4.79 Å². The van der Waals surface area contributed by atoms with Crippen LogP contribution >= 0.6 is 0 Å². The molecule has 4 aliphatic rings. The summed E-state index contributed by atoms with van der Waals surface area (Å²) < 4.78 is 32.4. The fourth-order valence-corrected chi connectivity index (χ4v) is 4.85. The van der Waals surface area contributed by atoms with Gasteiger partial charge in [-0.2, -0.15) is 0 Å². The number of hydrogen-bond acceptors (Lipinski definition) is 15. The van der Waals surface area contributed by atoms with Gasteiger partial charge in [0, 0.05) is 6.42 Å². The third-order valence-corrected chi connectivity index (χ3v) is 7.05. The van der Waals surface area contributed by atoms with Crippen LogP contribution < -0.4 is 0 Å². The van der Waals surface area contributed by atoms with E-state index in [4.69, 9.17) is 28.4 Å². The minimum Gasteiger partial charge on any atom is -0.471 e. The molecule has 3 saturated heterocycles. The van der Waals surface area contributed by atoms with Gasteiger partial charge in [0.25, 0.3) is 0 Å². The Morgan fingerprint density at radius 3 is 2.16 bits per heavy atom. The predicted octanol–water partition coefficient (Wildman–Crippen LogP) is -4.65. The van der Waals surface area contributed by atoms with Crippen LogP contribution in [0, 0.1) is 5.92 Å². The molecule has 0 spiro atoms. The summed E-state index contributed by atoms with van der Waals surface area (Å²) in [6, 6.07) is 0. The smallest absolute Gasteiger partial charge is 0.340 e. The Balaban J connectivity index is 1.53. The molecule has 8 N–H and O–H groups in total. The number of fused-ring (bicyclic) bond motifs is 1. The second-order valence-corrected chi connectivity index (χ2v) is 9.25. The van der Waals surface area contributed by atoms with Crippen LogP contribution in [0.1, 0.15) is 6.42 Å². The Hall–Kier alpha value is -1.73. The van der Waals surface area contributed by atoms with Gasteiger partial charge in [-0.15, -0.1) is 6.58 Å². The topological polar surface area (TPSA) is 234 Å². The van der Waals surface area contributed by atoms with Crippen molar-refractivity contribution in [2.45, 2.75) is 79.7 Å². The van der Waals surface area contributed by atoms with Crippen LogP contribution in [0.4, 0.5) is 0 Å². The zero-order valence-electron chi connectivity index (χ0n) is 19.6. The molecule has 0 bridgehead atoms. The average molecular weight is 536 g/mol. The van der Waals surface area contributed by atoms with Crippen LogP contribution in [0.15, 0.2) is 24.5 Å². The first-order valence-corrected chi connectivity index (χ1v) is 11.7.